The van der Waals surface area contributed by atoms with E-state index in [1.165, 1.54) is 4.90 Å². The molecular formula is C11H12ClFN2O. The topological polar surface area (TPSA) is 33.2 Å². The Morgan fingerprint density at radius 2 is 2.44 bits per heavy atom. The van der Waals surface area contributed by atoms with E-state index in [1.807, 2.05) is 6.92 Å². The minimum atomic E-state index is -0.581. The van der Waals surface area contributed by atoms with Crippen LogP contribution in [0.2, 0.25) is 5.15 Å². The van der Waals surface area contributed by atoms with E-state index in [2.05, 4.69) is 11.6 Å². The molecule has 1 amide bonds. The molecule has 0 aliphatic heterocycles. The molecule has 16 heavy (non-hydrogen) atoms. The largest absolute Gasteiger partial charge is 0.335 e. The number of carbonyl (C=O) groups excluding carboxylic acids is 1. The van der Waals surface area contributed by atoms with E-state index in [4.69, 9.17) is 11.6 Å². The lowest BCUT2D eigenvalue weighted by atomic mass is 10.2. The second kappa shape index (κ2) is 5.61. The second-order valence-electron chi connectivity index (χ2n) is 3.12. The van der Waals surface area contributed by atoms with Crippen molar-refractivity contribution in [2.24, 2.45) is 0 Å². The van der Waals surface area contributed by atoms with Crippen LogP contribution in [-0.2, 0) is 0 Å². The van der Waals surface area contributed by atoms with Crippen molar-refractivity contribution in [3.8, 4) is 0 Å². The van der Waals surface area contributed by atoms with Gasteiger partial charge in [-0.1, -0.05) is 17.7 Å². The Labute approximate surface area is 98.5 Å². The molecule has 0 atom stereocenters. The molecular weight excluding hydrogens is 231 g/mol. The lowest BCUT2D eigenvalue weighted by Gasteiger charge is -2.19. The van der Waals surface area contributed by atoms with Gasteiger partial charge in [0, 0.05) is 13.1 Å². The third-order valence-electron chi connectivity index (χ3n) is 2.05. The van der Waals surface area contributed by atoms with Gasteiger partial charge in [0.1, 0.15) is 11.0 Å². The molecule has 0 unspecified atom stereocenters. The highest BCUT2D eigenvalue weighted by Crippen LogP contribution is 2.16. The zero-order chi connectivity index (χ0) is 12.1. The van der Waals surface area contributed by atoms with Gasteiger partial charge in [-0.25, -0.2) is 9.37 Å². The van der Waals surface area contributed by atoms with Crippen LogP contribution >= 0.6 is 11.6 Å². The number of pyridine rings is 1. The Bertz CT molecular complexity index is 409. The molecule has 0 N–H and O–H groups in total. The van der Waals surface area contributed by atoms with Crippen molar-refractivity contribution in [1.82, 2.24) is 9.88 Å². The maximum absolute atomic E-state index is 12.9. The van der Waals surface area contributed by atoms with Crippen LogP contribution in [0.1, 0.15) is 17.3 Å². The Hall–Kier alpha value is -1.42. The molecule has 0 radical (unpaired) electrons. The van der Waals surface area contributed by atoms with Crippen LogP contribution in [0.4, 0.5) is 4.39 Å². The summed E-state index contributed by atoms with van der Waals surface area (Å²) in [6.45, 7) is 6.26. The number of rotatable bonds is 4. The fourth-order valence-electron chi connectivity index (χ4n) is 1.25. The van der Waals surface area contributed by atoms with E-state index >= 15 is 0 Å². The third kappa shape index (κ3) is 2.79. The molecule has 0 aliphatic carbocycles. The SMILES string of the molecule is C=CCN(CC)C(=O)c1cc(F)cnc1Cl. The highest BCUT2D eigenvalue weighted by Gasteiger charge is 2.17. The smallest absolute Gasteiger partial charge is 0.257 e. The summed E-state index contributed by atoms with van der Waals surface area (Å²) in [5.74, 6) is -0.929. The summed E-state index contributed by atoms with van der Waals surface area (Å²) in [5.41, 5.74) is 0.0744. The summed E-state index contributed by atoms with van der Waals surface area (Å²) < 4.78 is 12.9. The Balaban J connectivity index is 3.02. The average molecular weight is 243 g/mol. The molecule has 0 saturated carbocycles. The molecule has 0 spiro atoms. The molecule has 1 rings (SSSR count). The van der Waals surface area contributed by atoms with E-state index in [0.717, 1.165) is 12.3 Å². The van der Waals surface area contributed by atoms with Gasteiger partial charge in [-0.3, -0.25) is 4.79 Å². The second-order valence-corrected chi connectivity index (χ2v) is 3.48. The molecule has 0 bridgehead atoms. The predicted molar refractivity (Wildman–Crippen MR) is 61.0 cm³/mol. The van der Waals surface area contributed by atoms with Crippen LogP contribution < -0.4 is 0 Å². The first-order chi connectivity index (χ1) is 7.60. The first-order valence-corrected chi connectivity index (χ1v) is 5.19. The summed E-state index contributed by atoms with van der Waals surface area (Å²) >= 11 is 5.74. The first kappa shape index (κ1) is 12.6. The standard InChI is InChI=1S/C11H12ClFN2O/c1-3-5-15(4-2)11(16)9-6-8(13)7-14-10(9)12/h3,6-7H,1,4-5H2,2H3. The van der Waals surface area contributed by atoms with Crippen molar-refractivity contribution in [2.75, 3.05) is 13.1 Å². The van der Waals surface area contributed by atoms with Gasteiger partial charge in [0.2, 0.25) is 0 Å². The number of hydrogen-bond donors (Lipinski definition) is 0. The Morgan fingerprint density at radius 3 is 3.00 bits per heavy atom. The normalized spacial score (nSPS) is 9.94. The summed E-state index contributed by atoms with van der Waals surface area (Å²) in [6.07, 6.45) is 2.57. The molecule has 86 valence electrons. The van der Waals surface area contributed by atoms with Crippen molar-refractivity contribution in [2.45, 2.75) is 6.92 Å². The van der Waals surface area contributed by atoms with Gasteiger partial charge in [0.25, 0.3) is 5.91 Å². The first-order valence-electron chi connectivity index (χ1n) is 4.81. The van der Waals surface area contributed by atoms with Gasteiger partial charge in [-0.05, 0) is 13.0 Å². The molecule has 1 aromatic heterocycles. The van der Waals surface area contributed by atoms with E-state index in [9.17, 15) is 9.18 Å². The minimum Gasteiger partial charge on any atom is -0.335 e. The van der Waals surface area contributed by atoms with Crippen LogP contribution in [-0.4, -0.2) is 28.9 Å². The van der Waals surface area contributed by atoms with Crippen LogP contribution in [0.5, 0.6) is 0 Å². The summed E-state index contributed by atoms with van der Waals surface area (Å²) in [4.78, 5) is 17.0. The van der Waals surface area contributed by atoms with Crippen LogP contribution in [0.15, 0.2) is 24.9 Å². The highest BCUT2D eigenvalue weighted by molar-refractivity contribution is 6.32. The van der Waals surface area contributed by atoms with E-state index < -0.39 is 5.82 Å². The third-order valence-corrected chi connectivity index (χ3v) is 2.36. The van der Waals surface area contributed by atoms with E-state index in [0.29, 0.717) is 13.1 Å². The summed E-state index contributed by atoms with van der Waals surface area (Å²) in [7, 11) is 0. The monoisotopic (exact) mass is 242 g/mol. The van der Waals surface area contributed by atoms with E-state index in [1.54, 1.807) is 6.08 Å². The van der Waals surface area contributed by atoms with Gasteiger partial charge in [-0.15, -0.1) is 6.58 Å². The lowest BCUT2D eigenvalue weighted by Crippen LogP contribution is -2.31. The van der Waals surface area contributed by atoms with Crippen molar-refractivity contribution in [3.63, 3.8) is 0 Å². The van der Waals surface area contributed by atoms with Gasteiger partial charge >= 0.3 is 0 Å². The molecule has 3 nitrogen and oxygen atoms in total. The lowest BCUT2D eigenvalue weighted by molar-refractivity contribution is 0.0781. The number of nitrogens with zero attached hydrogens (tertiary/aromatic N) is 2. The van der Waals surface area contributed by atoms with Crippen molar-refractivity contribution >= 4 is 17.5 Å². The fraction of sp³-hybridized carbons (Fsp3) is 0.273. The fourth-order valence-corrected chi connectivity index (χ4v) is 1.44. The molecule has 1 aromatic rings. The molecule has 0 aromatic carbocycles. The number of likely N-dealkylation sites (N-methyl/N-ethyl adjacent to an activating group) is 1. The van der Waals surface area contributed by atoms with Crippen molar-refractivity contribution < 1.29 is 9.18 Å². The number of carbonyl (C=O) groups is 1. The molecule has 0 saturated heterocycles. The molecule has 1 heterocycles. The van der Waals surface area contributed by atoms with Crippen molar-refractivity contribution in [3.05, 3.63) is 41.5 Å². The predicted octanol–water partition coefficient (Wildman–Crippen LogP) is 2.52. The van der Waals surface area contributed by atoms with Crippen LogP contribution in [0, 0.1) is 5.82 Å². The Kier molecular flexibility index (Phi) is 4.43. The van der Waals surface area contributed by atoms with Gasteiger partial charge in [0.15, 0.2) is 0 Å². The zero-order valence-electron chi connectivity index (χ0n) is 8.91. The van der Waals surface area contributed by atoms with Gasteiger partial charge < -0.3 is 4.90 Å². The maximum Gasteiger partial charge on any atom is 0.257 e. The highest BCUT2D eigenvalue weighted by atomic mass is 35.5. The number of halogens is 2. The number of amides is 1. The van der Waals surface area contributed by atoms with E-state index in [-0.39, 0.29) is 16.6 Å². The average Bonchev–Trinajstić information content (AvgIpc) is 2.28. The Morgan fingerprint density at radius 1 is 1.75 bits per heavy atom. The summed E-state index contributed by atoms with van der Waals surface area (Å²) in [6, 6.07) is 1.09. The minimum absolute atomic E-state index is 0.00825. The zero-order valence-corrected chi connectivity index (χ0v) is 9.67. The number of aromatic nitrogens is 1. The molecule has 5 heteroatoms. The molecule has 0 fully saturated rings. The maximum atomic E-state index is 12.9. The van der Waals surface area contributed by atoms with Crippen LogP contribution in [0.25, 0.3) is 0 Å². The van der Waals surface area contributed by atoms with Gasteiger partial charge in [0.05, 0.1) is 11.8 Å². The molecule has 0 aliphatic rings. The quantitative estimate of drug-likeness (QED) is 0.601. The van der Waals surface area contributed by atoms with Gasteiger partial charge in [-0.2, -0.15) is 0 Å². The summed E-state index contributed by atoms with van der Waals surface area (Å²) in [5, 5.41) is 0.00825. The van der Waals surface area contributed by atoms with Crippen molar-refractivity contribution in [1.29, 1.82) is 0 Å². The number of hydrogen-bond acceptors (Lipinski definition) is 2. The van der Waals surface area contributed by atoms with Crippen LogP contribution in [0.3, 0.4) is 0 Å².